The van der Waals surface area contributed by atoms with Crippen molar-refractivity contribution in [1.82, 2.24) is 4.90 Å². The molecule has 0 atom stereocenters. The fourth-order valence-corrected chi connectivity index (χ4v) is 2.39. The number of hydrogen-bond donors (Lipinski definition) is 0. The van der Waals surface area contributed by atoms with Gasteiger partial charge in [-0.05, 0) is 35.1 Å². The lowest BCUT2D eigenvalue weighted by Gasteiger charge is -2.33. The first-order chi connectivity index (χ1) is 7.44. The summed E-state index contributed by atoms with van der Waals surface area (Å²) in [6.07, 6.45) is 1.05. The van der Waals surface area contributed by atoms with Crippen molar-refractivity contribution in [2.45, 2.75) is 33.7 Å². The highest BCUT2D eigenvalue weighted by Gasteiger charge is 2.21. The Morgan fingerprint density at radius 2 is 2.00 bits per heavy atom. The van der Waals surface area contributed by atoms with Gasteiger partial charge in [0.15, 0.2) is 0 Å². The monoisotopic (exact) mass is 221 g/mol. The fourth-order valence-electron chi connectivity index (χ4n) is 2.39. The van der Waals surface area contributed by atoms with Crippen molar-refractivity contribution in [3.63, 3.8) is 0 Å². The summed E-state index contributed by atoms with van der Waals surface area (Å²) < 4.78 is 13.1. The standard InChI is InChI=1S/C14H20FN/c1-14(2,3)10-16-7-6-11-4-5-13(15)8-12(11)9-16/h4-5,8H,6-7,9-10H2,1-3H3. The molecule has 88 valence electrons. The topological polar surface area (TPSA) is 3.24 Å². The molecular weight excluding hydrogens is 201 g/mol. The lowest BCUT2D eigenvalue weighted by Crippen LogP contribution is -2.36. The fraction of sp³-hybridized carbons (Fsp3) is 0.571. The van der Waals surface area contributed by atoms with Gasteiger partial charge in [-0.1, -0.05) is 26.8 Å². The van der Waals surface area contributed by atoms with Crippen molar-refractivity contribution in [2.24, 2.45) is 5.41 Å². The van der Waals surface area contributed by atoms with E-state index >= 15 is 0 Å². The van der Waals surface area contributed by atoms with Gasteiger partial charge in [-0.3, -0.25) is 4.90 Å². The summed E-state index contributed by atoms with van der Waals surface area (Å²) in [6.45, 7) is 9.79. The second kappa shape index (κ2) is 4.17. The van der Waals surface area contributed by atoms with E-state index in [1.807, 2.05) is 6.07 Å². The first-order valence-electron chi connectivity index (χ1n) is 5.94. The average molecular weight is 221 g/mol. The molecule has 1 aliphatic rings. The van der Waals surface area contributed by atoms with E-state index in [4.69, 9.17) is 0 Å². The first kappa shape index (κ1) is 11.6. The third kappa shape index (κ3) is 2.82. The molecule has 1 aliphatic heterocycles. The van der Waals surface area contributed by atoms with Crippen LogP contribution >= 0.6 is 0 Å². The van der Waals surface area contributed by atoms with Crippen LogP contribution in [0.25, 0.3) is 0 Å². The smallest absolute Gasteiger partial charge is 0.123 e. The number of nitrogens with zero attached hydrogens (tertiary/aromatic N) is 1. The maximum absolute atomic E-state index is 13.1. The lowest BCUT2D eigenvalue weighted by atomic mass is 9.93. The van der Waals surface area contributed by atoms with Gasteiger partial charge in [0.05, 0.1) is 0 Å². The summed E-state index contributed by atoms with van der Waals surface area (Å²) in [6, 6.07) is 5.18. The van der Waals surface area contributed by atoms with Gasteiger partial charge in [-0.2, -0.15) is 0 Å². The van der Waals surface area contributed by atoms with Crippen LogP contribution in [0.15, 0.2) is 18.2 Å². The van der Waals surface area contributed by atoms with Gasteiger partial charge in [0.25, 0.3) is 0 Å². The third-order valence-electron chi connectivity index (χ3n) is 2.96. The molecule has 2 rings (SSSR count). The zero-order valence-corrected chi connectivity index (χ0v) is 10.4. The largest absolute Gasteiger partial charge is 0.298 e. The Hall–Kier alpha value is -0.890. The molecule has 0 saturated carbocycles. The first-order valence-corrected chi connectivity index (χ1v) is 5.94. The van der Waals surface area contributed by atoms with E-state index in [9.17, 15) is 4.39 Å². The van der Waals surface area contributed by atoms with E-state index < -0.39 is 0 Å². The average Bonchev–Trinajstić information content (AvgIpc) is 2.14. The van der Waals surface area contributed by atoms with E-state index in [1.54, 1.807) is 12.1 Å². The van der Waals surface area contributed by atoms with Crippen molar-refractivity contribution < 1.29 is 4.39 Å². The number of hydrogen-bond acceptors (Lipinski definition) is 1. The van der Waals surface area contributed by atoms with Crippen molar-refractivity contribution in [3.8, 4) is 0 Å². The minimum Gasteiger partial charge on any atom is -0.298 e. The highest BCUT2D eigenvalue weighted by atomic mass is 19.1. The molecule has 0 unspecified atom stereocenters. The number of fused-ring (bicyclic) bond motifs is 1. The van der Waals surface area contributed by atoms with Gasteiger partial charge in [0.1, 0.15) is 5.82 Å². The van der Waals surface area contributed by atoms with Gasteiger partial charge < -0.3 is 0 Å². The molecule has 16 heavy (non-hydrogen) atoms. The van der Waals surface area contributed by atoms with Gasteiger partial charge in [0.2, 0.25) is 0 Å². The van der Waals surface area contributed by atoms with E-state index in [-0.39, 0.29) is 5.82 Å². The molecule has 1 heterocycles. The highest BCUT2D eigenvalue weighted by molar-refractivity contribution is 5.29. The summed E-state index contributed by atoms with van der Waals surface area (Å²) in [4.78, 5) is 2.42. The van der Waals surface area contributed by atoms with Crippen LogP contribution in [0.1, 0.15) is 31.9 Å². The second-order valence-corrected chi connectivity index (χ2v) is 5.93. The molecule has 1 nitrogen and oxygen atoms in total. The van der Waals surface area contributed by atoms with Gasteiger partial charge in [-0.25, -0.2) is 4.39 Å². The third-order valence-corrected chi connectivity index (χ3v) is 2.96. The maximum atomic E-state index is 13.1. The molecule has 0 aromatic heterocycles. The molecule has 0 radical (unpaired) electrons. The van der Waals surface area contributed by atoms with Gasteiger partial charge >= 0.3 is 0 Å². The Labute approximate surface area is 97.3 Å². The zero-order valence-electron chi connectivity index (χ0n) is 10.4. The molecule has 0 saturated heterocycles. The quantitative estimate of drug-likeness (QED) is 0.703. The molecule has 0 spiro atoms. The van der Waals surface area contributed by atoms with Crippen LogP contribution in [-0.2, 0) is 13.0 Å². The molecule has 1 aromatic rings. The molecular formula is C14H20FN. The van der Waals surface area contributed by atoms with Crippen LogP contribution in [0, 0.1) is 11.2 Å². The predicted octanol–water partition coefficient (Wildman–Crippen LogP) is 3.23. The van der Waals surface area contributed by atoms with E-state index in [0.717, 1.165) is 31.6 Å². The summed E-state index contributed by atoms with van der Waals surface area (Å²) in [5.41, 5.74) is 2.78. The SMILES string of the molecule is CC(C)(C)CN1CCc2ccc(F)cc2C1. The van der Waals surface area contributed by atoms with Gasteiger partial charge in [-0.15, -0.1) is 0 Å². The molecule has 0 amide bonds. The zero-order chi connectivity index (χ0) is 11.8. The summed E-state index contributed by atoms with van der Waals surface area (Å²) in [5.74, 6) is -0.114. The minimum absolute atomic E-state index is 0.114. The summed E-state index contributed by atoms with van der Waals surface area (Å²) >= 11 is 0. The minimum atomic E-state index is -0.114. The Morgan fingerprint density at radius 3 is 2.69 bits per heavy atom. The molecule has 1 aromatic carbocycles. The second-order valence-electron chi connectivity index (χ2n) is 5.93. The maximum Gasteiger partial charge on any atom is 0.123 e. The molecule has 0 N–H and O–H groups in total. The van der Waals surface area contributed by atoms with E-state index in [0.29, 0.717) is 5.41 Å². The predicted molar refractivity (Wildman–Crippen MR) is 64.8 cm³/mol. The lowest BCUT2D eigenvalue weighted by molar-refractivity contribution is 0.176. The Kier molecular flexibility index (Phi) is 3.02. The molecule has 2 heteroatoms. The van der Waals surface area contributed by atoms with Gasteiger partial charge in [0, 0.05) is 19.6 Å². The Bertz CT molecular complexity index is 379. The van der Waals surface area contributed by atoms with E-state index in [2.05, 4.69) is 25.7 Å². The molecule has 0 bridgehead atoms. The summed E-state index contributed by atoms with van der Waals surface area (Å²) in [5, 5.41) is 0. The van der Waals surface area contributed by atoms with Crippen LogP contribution < -0.4 is 0 Å². The van der Waals surface area contributed by atoms with Crippen LogP contribution in [0.2, 0.25) is 0 Å². The van der Waals surface area contributed by atoms with Crippen molar-refractivity contribution in [3.05, 3.63) is 35.1 Å². The van der Waals surface area contributed by atoms with Crippen LogP contribution in [0.5, 0.6) is 0 Å². The number of benzene rings is 1. The van der Waals surface area contributed by atoms with Crippen LogP contribution in [-0.4, -0.2) is 18.0 Å². The van der Waals surface area contributed by atoms with Crippen molar-refractivity contribution in [2.75, 3.05) is 13.1 Å². The Balaban J connectivity index is 2.11. The number of halogens is 1. The number of rotatable bonds is 1. The van der Waals surface area contributed by atoms with Crippen molar-refractivity contribution in [1.29, 1.82) is 0 Å². The van der Waals surface area contributed by atoms with Crippen molar-refractivity contribution >= 4 is 0 Å². The molecule has 0 aliphatic carbocycles. The van der Waals surface area contributed by atoms with Crippen LogP contribution in [0.4, 0.5) is 4.39 Å². The highest BCUT2D eigenvalue weighted by Crippen LogP contribution is 2.23. The normalized spacial score (nSPS) is 17.2. The summed E-state index contributed by atoms with van der Waals surface area (Å²) in [7, 11) is 0. The molecule has 0 fully saturated rings. The Morgan fingerprint density at radius 1 is 1.25 bits per heavy atom. The van der Waals surface area contributed by atoms with E-state index in [1.165, 1.54) is 5.56 Å². The van der Waals surface area contributed by atoms with Crippen LogP contribution in [0.3, 0.4) is 0 Å².